The Kier molecular flexibility index (Phi) is 9.78. The maximum Gasteiger partial charge on any atom is 0.270 e. The summed E-state index contributed by atoms with van der Waals surface area (Å²) in [5.74, 6) is 0.691. The molecule has 1 aromatic heterocycles. The van der Waals surface area contributed by atoms with Gasteiger partial charge in [-0.05, 0) is 67.5 Å². The highest BCUT2D eigenvalue weighted by Crippen LogP contribution is 2.36. The van der Waals surface area contributed by atoms with Crippen LogP contribution in [0.4, 0.5) is 5.69 Å². The third-order valence-corrected chi connectivity index (χ3v) is 5.98. The number of nitrogens with zero attached hydrogens (tertiary/aromatic N) is 3. The van der Waals surface area contributed by atoms with Crippen LogP contribution in [0.2, 0.25) is 0 Å². The minimum Gasteiger partial charge on any atom is -0.494 e. The number of anilines is 1. The molecule has 0 saturated carbocycles. The van der Waals surface area contributed by atoms with E-state index in [1.165, 1.54) is 11.8 Å². The number of hydrogen-bond acceptors (Lipinski definition) is 6. The molecule has 0 radical (unpaired) electrons. The summed E-state index contributed by atoms with van der Waals surface area (Å²) in [5, 5.41) is 0. The Morgan fingerprint density at radius 1 is 1.13 bits per heavy atom. The van der Waals surface area contributed by atoms with Crippen LogP contribution in [-0.4, -0.2) is 46.4 Å². The van der Waals surface area contributed by atoms with Crippen molar-refractivity contribution >= 4 is 58.4 Å². The summed E-state index contributed by atoms with van der Waals surface area (Å²) in [6, 6.07) is 11.2. The molecule has 0 spiro atoms. The first-order valence-electron chi connectivity index (χ1n) is 9.75. The number of rotatable bonds is 9. The van der Waals surface area contributed by atoms with Crippen molar-refractivity contribution in [1.82, 2.24) is 9.88 Å². The lowest BCUT2D eigenvalue weighted by Gasteiger charge is -2.18. The van der Waals surface area contributed by atoms with Crippen molar-refractivity contribution in [1.29, 1.82) is 0 Å². The van der Waals surface area contributed by atoms with Crippen molar-refractivity contribution < 1.29 is 9.53 Å². The van der Waals surface area contributed by atoms with Crippen LogP contribution in [0, 0.1) is 0 Å². The SMILES string of the molecule is CCN(CC)CCCOc1ccc(N2C(=O)/C(=C/c3ccncc3)SC2=S)cc1.Cl. The molecule has 0 atom stereocenters. The molecule has 5 nitrogen and oxygen atoms in total. The van der Waals surface area contributed by atoms with E-state index < -0.39 is 0 Å². The van der Waals surface area contributed by atoms with E-state index in [-0.39, 0.29) is 18.3 Å². The average Bonchev–Trinajstić information content (AvgIpc) is 3.02. The minimum atomic E-state index is -0.107. The Morgan fingerprint density at radius 3 is 2.43 bits per heavy atom. The van der Waals surface area contributed by atoms with Gasteiger partial charge in [0.2, 0.25) is 0 Å². The van der Waals surface area contributed by atoms with Crippen molar-refractivity contribution in [3.05, 3.63) is 59.3 Å². The van der Waals surface area contributed by atoms with Gasteiger partial charge >= 0.3 is 0 Å². The number of thiocarbonyl (C=S) groups is 1. The second kappa shape index (κ2) is 12.1. The standard InChI is InChI=1S/C22H25N3O2S2.ClH/c1-3-24(4-2)14-5-15-27-19-8-6-18(7-9-19)25-21(26)20(29-22(25)28)16-17-10-12-23-13-11-17;/h6-13,16H,3-5,14-15H2,1-2H3;1H/b20-16-;. The number of carbonyl (C=O) groups excluding carboxylic acids is 1. The summed E-state index contributed by atoms with van der Waals surface area (Å²) >= 11 is 6.75. The van der Waals surface area contributed by atoms with E-state index in [4.69, 9.17) is 17.0 Å². The fraction of sp³-hybridized carbons (Fsp3) is 0.318. The lowest BCUT2D eigenvalue weighted by Crippen LogP contribution is -2.27. The molecule has 2 aromatic rings. The maximum absolute atomic E-state index is 12.8. The van der Waals surface area contributed by atoms with Crippen LogP contribution in [0.25, 0.3) is 6.08 Å². The number of carbonyl (C=O) groups is 1. The maximum atomic E-state index is 12.8. The molecule has 1 fully saturated rings. The van der Waals surface area contributed by atoms with Crippen LogP contribution in [-0.2, 0) is 4.79 Å². The zero-order chi connectivity index (χ0) is 20.6. The number of hydrogen-bond donors (Lipinski definition) is 0. The smallest absolute Gasteiger partial charge is 0.270 e. The predicted octanol–water partition coefficient (Wildman–Crippen LogP) is 5.02. The van der Waals surface area contributed by atoms with Crippen molar-refractivity contribution in [3.63, 3.8) is 0 Å². The van der Waals surface area contributed by atoms with Crippen molar-refractivity contribution in [2.45, 2.75) is 20.3 Å². The molecule has 30 heavy (non-hydrogen) atoms. The number of amides is 1. The molecule has 1 amide bonds. The van der Waals surface area contributed by atoms with E-state index in [0.29, 0.717) is 15.8 Å². The predicted molar refractivity (Wildman–Crippen MR) is 131 cm³/mol. The van der Waals surface area contributed by atoms with E-state index >= 15 is 0 Å². The molecular weight excluding hydrogens is 438 g/mol. The van der Waals surface area contributed by atoms with Gasteiger partial charge in [0.15, 0.2) is 4.32 Å². The van der Waals surface area contributed by atoms with E-state index in [0.717, 1.165) is 43.1 Å². The van der Waals surface area contributed by atoms with Gasteiger partial charge in [0, 0.05) is 18.9 Å². The van der Waals surface area contributed by atoms with E-state index in [1.807, 2.05) is 42.5 Å². The highest BCUT2D eigenvalue weighted by molar-refractivity contribution is 8.27. The largest absolute Gasteiger partial charge is 0.494 e. The van der Waals surface area contributed by atoms with Gasteiger partial charge in [0.1, 0.15) is 5.75 Å². The molecule has 3 rings (SSSR count). The van der Waals surface area contributed by atoms with E-state index in [9.17, 15) is 4.79 Å². The first kappa shape index (κ1) is 24.3. The third kappa shape index (κ3) is 6.28. The zero-order valence-electron chi connectivity index (χ0n) is 17.1. The molecule has 8 heteroatoms. The molecule has 1 saturated heterocycles. The molecule has 1 aliphatic rings. The molecule has 0 unspecified atom stereocenters. The Hall–Kier alpha value is -1.93. The topological polar surface area (TPSA) is 45.7 Å². The Balaban J connectivity index is 0.00000320. The third-order valence-electron chi connectivity index (χ3n) is 4.67. The average molecular weight is 464 g/mol. The van der Waals surface area contributed by atoms with Gasteiger partial charge in [0.25, 0.3) is 5.91 Å². The molecule has 0 N–H and O–H groups in total. The van der Waals surface area contributed by atoms with Gasteiger partial charge in [-0.2, -0.15) is 0 Å². The number of benzene rings is 1. The quantitative estimate of drug-likeness (QED) is 0.295. The first-order chi connectivity index (χ1) is 14.1. The Bertz CT molecular complexity index is 872. The number of pyridine rings is 1. The van der Waals surface area contributed by atoms with E-state index in [1.54, 1.807) is 17.3 Å². The monoisotopic (exact) mass is 463 g/mol. The molecule has 2 heterocycles. The van der Waals surface area contributed by atoms with Gasteiger partial charge in [-0.1, -0.05) is 37.8 Å². The summed E-state index contributed by atoms with van der Waals surface area (Å²) in [7, 11) is 0. The molecule has 1 aliphatic heterocycles. The first-order valence-corrected chi connectivity index (χ1v) is 11.0. The normalized spacial score (nSPS) is 15.0. The molecule has 1 aromatic carbocycles. The number of halogens is 1. The summed E-state index contributed by atoms with van der Waals surface area (Å²) < 4.78 is 6.36. The summed E-state index contributed by atoms with van der Waals surface area (Å²) in [4.78, 5) is 21.4. The van der Waals surface area contributed by atoms with Crippen LogP contribution in [0.1, 0.15) is 25.8 Å². The van der Waals surface area contributed by atoms with Crippen LogP contribution in [0.15, 0.2) is 53.7 Å². The fourth-order valence-electron chi connectivity index (χ4n) is 3.01. The van der Waals surface area contributed by atoms with Gasteiger partial charge in [0.05, 0.1) is 17.2 Å². The molecule has 0 aliphatic carbocycles. The molecule has 160 valence electrons. The van der Waals surface area contributed by atoms with Crippen molar-refractivity contribution in [3.8, 4) is 5.75 Å². The van der Waals surface area contributed by atoms with Crippen LogP contribution in [0.5, 0.6) is 5.75 Å². The fourth-order valence-corrected chi connectivity index (χ4v) is 4.31. The zero-order valence-corrected chi connectivity index (χ0v) is 19.6. The van der Waals surface area contributed by atoms with Crippen LogP contribution < -0.4 is 9.64 Å². The van der Waals surface area contributed by atoms with Crippen molar-refractivity contribution in [2.24, 2.45) is 0 Å². The van der Waals surface area contributed by atoms with Crippen LogP contribution in [0.3, 0.4) is 0 Å². The lowest BCUT2D eigenvalue weighted by molar-refractivity contribution is -0.113. The Morgan fingerprint density at radius 2 is 1.80 bits per heavy atom. The minimum absolute atomic E-state index is 0. The number of ether oxygens (including phenoxy) is 1. The van der Waals surface area contributed by atoms with E-state index in [2.05, 4.69) is 23.7 Å². The number of aromatic nitrogens is 1. The van der Waals surface area contributed by atoms with Crippen LogP contribution >= 0.6 is 36.4 Å². The summed E-state index contributed by atoms with van der Waals surface area (Å²) in [6.07, 6.45) is 6.23. The molecular formula is C22H26ClN3O2S2. The summed E-state index contributed by atoms with van der Waals surface area (Å²) in [5.41, 5.74) is 1.68. The second-order valence-corrected chi connectivity index (χ2v) is 8.20. The molecule has 0 bridgehead atoms. The second-order valence-electron chi connectivity index (χ2n) is 6.52. The van der Waals surface area contributed by atoms with Crippen molar-refractivity contribution in [2.75, 3.05) is 31.1 Å². The van der Waals surface area contributed by atoms with Gasteiger partial charge in [-0.3, -0.25) is 14.7 Å². The van der Waals surface area contributed by atoms with Gasteiger partial charge in [-0.25, -0.2) is 0 Å². The summed E-state index contributed by atoms with van der Waals surface area (Å²) in [6.45, 7) is 8.17. The highest BCUT2D eigenvalue weighted by atomic mass is 35.5. The highest BCUT2D eigenvalue weighted by Gasteiger charge is 2.33. The van der Waals surface area contributed by atoms with Gasteiger partial charge in [-0.15, -0.1) is 12.4 Å². The lowest BCUT2D eigenvalue weighted by atomic mass is 10.2. The van der Waals surface area contributed by atoms with Gasteiger partial charge < -0.3 is 9.64 Å². The Labute approximate surface area is 193 Å². The number of thioether (sulfide) groups is 1.